The SMILES string of the molecule is CCCCNC(=O)c1csc(CN(CCCC)C(=O)NC(C)(C)C)n1. The number of carbonyl (C=O) groups is 2. The summed E-state index contributed by atoms with van der Waals surface area (Å²) in [6, 6.07) is -0.0925. The summed E-state index contributed by atoms with van der Waals surface area (Å²) in [6.07, 6.45) is 3.95. The number of nitrogens with one attached hydrogen (secondary N) is 2. The zero-order chi connectivity index (χ0) is 18.9. The van der Waals surface area contributed by atoms with E-state index >= 15 is 0 Å². The minimum Gasteiger partial charge on any atom is -0.351 e. The van der Waals surface area contributed by atoms with E-state index in [0.717, 1.165) is 30.7 Å². The van der Waals surface area contributed by atoms with Gasteiger partial charge in [-0.1, -0.05) is 26.7 Å². The van der Waals surface area contributed by atoms with E-state index < -0.39 is 0 Å². The third-order valence-corrected chi connectivity index (χ3v) is 4.31. The third kappa shape index (κ3) is 8.34. The highest BCUT2D eigenvalue weighted by Gasteiger charge is 2.21. The summed E-state index contributed by atoms with van der Waals surface area (Å²) in [6.45, 7) is 11.8. The summed E-state index contributed by atoms with van der Waals surface area (Å²) < 4.78 is 0. The van der Waals surface area contributed by atoms with Gasteiger partial charge in [-0.25, -0.2) is 9.78 Å². The van der Waals surface area contributed by atoms with E-state index in [0.29, 0.717) is 25.3 Å². The maximum atomic E-state index is 12.5. The van der Waals surface area contributed by atoms with Crippen molar-refractivity contribution >= 4 is 23.3 Å². The number of carbonyl (C=O) groups excluding carboxylic acids is 2. The Morgan fingerprint density at radius 3 is 2.48 bits per heavy atom. The fraction of sp³-hybridized carbons (Fsp3) is 0.722. The van der Waals surface area contributed by atoms with Crippen molar-refractivity contribution in [2.24, 2.45) is 0 Å². The van der Waals surface area contributed by atoms with Crippen LogP contribution in [0.25, 0.3) is 0 Å². The molecule has 0 saturated heterocycles. The van der Waals surface area contributed by atoms with Crippen LogP contribution in [-0.4, -0.2) is 40.5 Å². The van der Waals surface area contributed by atoms with Crippen molar-refractivity contribution in [2.45, 2.75) is 72.4 Å². The van der Waals surface area contributed by atoms with Crippen LogP contribution in [0.4, 0.5) is 4.79 Å². The minimum atomic E-state index is -0.283. The van der Waals surface area contributed by atoms with Gasteiger partial charge in [0, 0.05) is 24.0 Å². The monoisotopic (exact) mass is 368 g/mol. The van der Waals surface area contributed by atoms with Gasteiger partial charge in [0.1, 0.15) is 10.7 Å². The lowest BCUT2D eigenvalue weighted by atomic mass is 10.1. The van der Waals surface area contributed by atoms with Gasteiger partial charge in [0.15, 0.2) is 0 Å². The summed E-state index contributed by atoms with van der Waals surface area (Å²) >= 11 is 1.42. The maximum absolute atomic E-state index is 12.5. The molecular weight excluding hydrogens is 336 g/mol. The molecule has 1 aromatic heterocycles. The molecule has 0 saturated carbocycles. The van der Waals surface area contributed by atoms with Crippen LogP contribution in [0.1, 0.15) is 75.8 Å². The number of aromatic nitrogens is 1. The second-order valence-electron chi connectivity index (χ2n) is 7.19. The first-order valence-electron chi connectivity index (χ1n) is 9.06. The molecule has 0 bridgehead atoms. The molecule has 2 N–H and O–H groups in total. The Morgan fingerprint density at radius 2 is 1.88 bits per heavy atom. The Balaban J connectivity index is 2.70. The first-order valence-corrected chi connectivity index (χ1v) is 9.94. The minimum absolute atomic E-state index is 0.0925. The predicted octanol–water partition coefficient (Wildman–Crippen LogP) is 3.78. The van der Waals surface area contributed by atoms with Gasteiger partial charge >= 0.3 is 6.03 Å². The fourth-order valence-electron chi connectivity index (χ4n) is 2.12. The zero-order valence-corrected chi connectivity index (χ0v) is 17.0. The highest BCUT2D eigenvalue weighted by atomic mass is 32.1. The van der Waals surface area contributed by atoms with Crippen molar-refractivity contribution in [3.05, 3.63) is 16.1 Å². The number of urea groups is 1. The molecule has 0 unspecified atom stereocenters. The highest BCUT2D eigenvalue weighted by molar-refractivity contribution is 7.09. The van der Waals surface area contributed by atoms with Crippen LogP contribution >= 0.6 is 11.3 Å². The average molecular weight is 369 g/mol. The molecule has 0 atom stereocenters. The van der Waals surface area contributed by atoms with E-state index in [9.17, 15) is 9.59 Å². The first kappa shape index (κ1) is 21.4. The van der Waals surface area contributed by atoms with Crippen molar-refractivity contribution in [3.63, 3.8) is 0 Å². The highest BCUT2D eigenvalue weighted by Crippen LogP contribution is 2.14. The van der Waals surface area contributed by atoms with Crippen molar-refractivity contribution in [3.8, 4) is 0 Å². The van der Waals surface area contributed by atoms with E-state index in [1.165, 1.54) is 11.3 Å². The van der Waals surface area contributed by atoms with E-state index in [2.05, 4.69) is 29.5 Å². The summed E-state index contributed by atoms with van der Waals surface area (Å²) in [5.41, 5.74) is 0.150. The Bertz CT molecular complexity index is 552. The quantitative estimate of drug-likeness (QED) is 0.651. The van der Waals surface area contributed by atoms with Crippen molar-refractivity contribution in [1.29, 1.82) is 0 Å². The van der Waals surface area contributed by atoms with Crippen LogP contribution < -0.4 is 10.6 Å². The van der Waals surface area contributed by atoms with E-state index in [-0.39, 0.29) is 17.5 Å². The predicted molar refractivity (Wildman–Crippen MR) is 103 cm³/mol. The molecule has 0 aliphatic rings. The molecular formula is C18H32N4O2S. The Labute approximate surface area is 155 Å². The fourth-order valence-corrected chi connectivity index (χ4v) is 2.91. The van der Waals surface area contributed by atoms with Crippen LogP contribution in [0.15, 0.2) is 5.38 Å². The molecule has 1 rings (SSSR count). The molecule has 0 fully saturated rings. The van der Waals surface area contributed by atoms with E-state index in [1.54, 1.807) is 10.3 Å². The topological polar surface area (TPSA) is 74.3 Å². The molecule has 0 aromatic carbocycles. The average Bonchev–Trinajstić information content (AvgIpc) is 2.98. The van der Waals surface area contributed by atoms with Crippen LogP contribution in [0.2, 0.25) is 0 Å². The van der Waals surface area contributed by atoms with Gasteiger partial charge in [0.2, 0.25) is 0 Å². The lowest BCUT2D eigenvalue weighted by molar-refractivity contribution is 0.0948. The van der Waals surface area contributed by atoms with Gasteiger partial charge in [-0.2, -0.15) is 0 Å². The van der Waals surface area contributed by atoms with Gasteiger partial charge in [0.05, 0.1) is 6.54 Å². The normalized spacial score (nSPS) is 11.2. The molecule has 1 aromatic rings. The van der Waals surface area contributed by atoms with Crippen molar-refractivity contribution in [1.82, 2.24) is 20.5 Å². The molecule has 3 amide bonds. The Kier molecular flexibility index (Phi) is 8.89. The largest absolute Gasteiger partial charge is 0.351 e. The number of hydrogen-bond acceptors (Lipinski definition) is 4. The second-order valence-corrected chi connectivity index (χ2v) is 8.13. The van der Waals surface area contributed by atoms with Crippen LogP contribution in [0.5, 0.6) is 0 Å². The number of hydrogen-bond donors (Lipinski definition) is 2. The van der Waals surface area contributed by atoms with Gasteiger partial charge in [-0.15, -0.1) is 11.3 Å². The van der Waals surface area contributed by atoms with Crippen molar-refractivity contribution in [2.75, 3.05) is 13.1 Å². The van der Waals surface area contributed by atoms with E-state index in [4.69, 9.17) is 0 Å². The van der Waals surface area contributed by atoms with Crippen molar-refractivity contribution < 1.29 is 9.59 Å². The molecule has 25 heavy (non-hydrogen) atoms. The number of amides is 3. The molecule has 0 spiro atoms. The van der Waals surface area contributed by atoms with E-state index in [1.807, 2.05) is 20.8 Å². The van der Waals surface area contributed by atoms with Crippen LogP contribution in [0, 0.1) is 0 Å². The van der Waals surface area contributed by atoms with Gasteiger partial charge in [0.25, 0.3) is 5.91 Å². The summed E-state index contributed by atoms with van der Waals surface area (Å²) in [7, 11) is 0. The van der Waals surface area contributed by atoms with Crippen LogP contribution in [0.3, 0.4) is 0 Å². The molecule has 142 valence electrons. The molecule has 0 aliphatic carbocycles. The molecule has 0 radical (unpaired) electrons. The Morgan fingerprint density at radius 1 is 1.20 bits per heavy atom. The number of rotatable bonds is 9. The third-order valence-electron chi connectivity index (χ3n) is 3.48. The summed E-state index contributed by atoms with van der Waals surface area (Å²) in [4.78, 5) is 30.7. The summed E-state index contributed by atoms with van der Waals surface area (Å²) in [5, 5.41) is 8.40. The lowest BCUT2D eigenvalue weighted by Crippen LogP contribution is -2.48. The van der Waals surface area contributed by atoms with Gasteiger partial charge < -0.3 is 15.5 Å². The van der Waals surface area contributed by atoms with Gasteiger partial charge in [-0.3, -0.25) is 4.79 Å². The number of nitrogens with zero attached hydrogens (tertiary/aromatic N) is 2. The standard InChI is InChI=1S/C18H32N4O2S/c1-6-8-10-19-16(23)14-13-25-15(20-14)12-22(11-9-7-2)17(24)21-18(3,4)5/h13H,6-12H2,1-5H3,(H,19,23)(H,21,24). The lowest BCUT2D eigenvalue weighted by Gasteiger charge is -2.28. The number of unbranched alkanes of at least 4 members (excludes halogenated alkanes) is 2. The molecule has 1 heterocycles. The van der Waals surface area contributed by atoms with Crippen LogP contribution in [-0.2, 0) is 6.54 Å². The number of thiazole rings is 1. The maximum Gasteiger partial charge on any atom is 0.318 e. The molecule has 7 heteroatoms. The zero-order valence-electron chi connectivity index (χ0n) is 16.1. The molecule has 0 aliphatic heterocycles. The summed E-state index contributed by atoms with van der Waals surface area (Å²) in [5.74, 6) is -0.143. The smallest absolute Gasteiger partial charge is 0.318 e. The molecule has 6 nitrogen and oxygen atoms in total. The Hall–Kier alpha value is -1.63. The van der Waals surface area contributed by atoms with Gasteiger partial charge in [-0.05, 0) is 33.6 Å². The first-order chi connectivity index (χ1) is 11.8. The second kappa shape index (κ2) is 10.4.